The molecule has 0 aromatic rings. The van der Waals surface area contributed by atoms with E-state index in [1.165, 1.54) is 38.5 Å². The maximum absolute atomic E-state index is 5.25. The zero-order valence-corrected chi connectivity index (χ0v) is 11.3. The maximum atomic E-state index is 5.25. The third kappa shape index (κ3) is 4.84. The van der Waals surface area contributed by atoms with Gasteiger partial charge in [0.1, 0.15) is 0 Å². The van der Waals surface area contributed by atoms with Gasteiger partial charge >= 0.3 is 0 Å². The van der Waals surface area contributed by atoms with Crippen LogP contribution >= 0.6 is 0 Å². The Morgan fingerprint density at radius 2 is 1.81 bits per heavy atom. The molecule has 96 valence electrons. The Hall–Kier alpha value is -0.0800. The summed E-state index contributed by atoms with van der Waals surface area (Å²) < 4.78 is 5.25. The Bertz CT molecular complexity index is 164. The molecule has 0 radical (unpaired) electrons. The molecule has 1 N–H and O–H groups in total. The maximum Gasteiger partial charge on any atom is 0.0615 e. The van der Waals surface area contributed by atoms with Gasteiger partial charge in [-0.2, -0.15) is 0 Å². The van der Waals surface area contributed by atoms with Crippen molar-refractivity contribution in [2.24, 2.45) is 5.92 Å². The fraction of sp³-hybridized carbons (Fsp3) is 1.00. The van der Waals surface area contributed by atoms with Gasteiger partial charge in [0.25, 0.3) is 0 Å². The van der Waals surface area contributed by atoms with Gasteiger partial charge in [-0.25, -0.2) is 0 Å². The zero-order valence-electron chi connectivity index (χ0n) is 11.3. The second-order valence-electron chi connectivity index (χ2n) is 5.27. The lowest BCUT2D eigenvalue weighted by Crippen LogP contribution is -2.42. The average molecular weight is 227 g/mol. The molecule has 0 amide bonds. The number of hydrogen-bond acceptors (Lipinski definition) is 2. The fourth-order valence-electron chi connectivity index (χ4n) is 2.80. The lowest BCUT2D eigenvalue weighted by atomic mass is 9.92. The highest BCUT2D eigenvalue weighted by Gasteiger charge is 2.20. The lowest BCUT2D eigenvalue weighted by Gasteiger charge is -2.28. The number of nitrogens with one attached hydrogen (secondary N) is 1. The van der Waals surface area contributed by atoms with Crippen molar-refractivity contribution in [3.63, 3.8) is 0 Å². The highest BCUT2D eigenvalue weighted by Crippen LogP contribution is 2.25. The molecule has 0 heterocycles. The Balaban J connectivity index is 2.33. The molecule has 1 aliphatic rings. The molecule has 16 heavy (non-hydrogen) atoms. The van der Waals surface area contributed by atoms with Crippen molar-refractivity contribution >= 4 is 0 Å². The van der Waals surface area contributed by atoms with Crippen molar-refractivity contribution in [1.29, 1.82) is 0 Å². The summed E-state index contributed by atoms with van der Waals surface area (Å²) in [6.45, 7) is 5.43. The van der Waals surface area contributed by atoms with Crippen molar-refractivity contribution in [2.75, 3.05) is 13.7 Å². The van der Waals surface area contributed by atoms with Crippen molar-refractivity contribution in [3.05, 3.63) is 0 Å². The summed E-state index contributed by atoms with van der Waals surface area (Å²) in [5, 5.41) is 3.74. The van der Waals surface area contributed by atoms with Crippen LogP contribution in [0.15, 0.2) is 0 Å². The first-order chi connectivity index (χ1) is 7.77. The van der Waals surface area contributed by atoms with Crippen molar-refractivity contribution in [2.45, 2.75) is 70.9 Å². The minimum absolute atomic E-state index is 0.531. The van der Waals surface area contributed by atoms with E-state index < -0.39 is 0 Å². The smallest absolute Gasteiger partial charge is 0.0615 e. The van der Waals surface area contributed by atoms with Crippen LogP contribution in [0.2, 0.25) is 0 Å². The van der Waals surface area contributed by atoms with Gasteiger partial charge in [-0.1, -0.05) is 32.6 Å². The molecule has 1 unspecified atom stereocenters. The van der Waals surface area contributed by atoms with Crippen LogP contribution < -0.4 is 5.32 Å². The van der Waals surface area contributed by atoms with Gasteiger partial charge in [0, 0.05) is 19.2 Å². The Morgan fingerprint density at radius 3 is 2.31 bits per heavy atom. The molecule has 0 spiro atoms. The summed E-state index contributed by atoms with van der Waals surface area (Å²) in [7, 11) is 1.79. The quantitative estimate of drug-likeness (QED) is 0.703. The van der Waals surface area contributed by atoms with Gasteiger partial charge in [0.15, 0.2) is 0 Å². The van der Waals surface area contributed by atoms with Crippen LogP contribution in [-0.4, -0.2) is 25.8 Å². The number of hydrogen-bond donors (Lipinski definition) is 1. The van der Waals surface area contributed by atoms with Crippen LogP contribution in [0.3, 0.4) is 0 Å². The molecule has 1 saturated carbocycles. The van der Waals surface area contributed by atoms with E-state index in [1.807, 2.05) is 0 Å². The van der Waals surface area contributed by atoms with Crippen molar-refractivity contribution in [3.8, 4) is 0 Å². The van der Waals surface area contributed by atoms with E-state index in [9.17, 15) is 0 Å². The highest BCUT2D eigenvalue weighted by atomic mass is 16.5. The predicted octanol–water partition coefficient (Wildman–Crippen LogP) is 3.36. The first kappa shape index (κ1) is 14.0. The summed E-state index contributed by atoms with van der Waals surface area (Å²) >= 11 is 0. The zero-order chi connectivity index (χ0) is 11.8. The van der Waals surface area contributed by atoms with Crippen molar-refractivity contribution in [1.82, 2.24) is 5.32 Å². The Morgan fingerprint density at radius 1 is 1.19 bits per heavy atom. The van der Waals surface area contributed by atoms with E-state index in [4.69, 9.17) is 4.74 Å². The van der Waals surface area contributed by atoms with E-state index in [1.54, 1.807) is 7.11 Å². The molecule has 1 fully saturated rings. The average Bonchev–Trinajstić information content (AvgIpc) is 2.56. The van der Waals surface area contributed by atoms with E-state index >= 15 is 0 Å². The van der Waals surface area contributed by atoms with E-state index in [0.29, 0.717) is 12.1 Å². The third-order valence-electron chi connectivity index (χ3n) is 3.97. The Labute approximate surface area is 101 Å². The number of methoxy groups -OCH3 is 1. The first-order valence-corrected chi connectivity index (χ1v) is 7.03. The van der Waals surface area contributed by atoms with Gasteiger partial charge in [-0.05, 0) is 32.1 Å². The molecular weight excluding hydrogens is 198 g/mol. The van der Waals surface area contributed by atoms with Gasteiger partial charge in [0.2, 0.25) is 0 Å². The highest BCUT2D eigenvalue weighted by molar-refractivity contribution is 4.78. The monoisotopic (exact) mass is 227 g/mol. The molecule has 2 heteroatoms. The van der Waals surface area contributed by atoms with Crippen LogP contribution in [0.25, 0.3) is 0 Å². The predicted molar refractivity (Wildman–Crippen MR) is 69.7 cm³/mol. The summed E-state index contributed by atoms with van der Waals surface area (Å²) in [4.78, 5) is 0. The van der Waals surface area contributed by atoms with Crippen LogP contribution in [0.5, 0.6) is 0 Å². The molecule has 0 aliphatic heterocycles. The molecule has 0 saturated heterocycles. The second-order valence-corrected chi connectivity index (χ2v) is 5.27. The summed E-state index contributed by atoms with van der Waals surface area (Å²) in [5.41, 5.74) is 0. The molecule has 2 nitrogen and oxygen atoms in total. The molecular formula is C14H29NO. The van der Waals surface area contributed by atoms with Crippen LogP contribution in [0.1, 0.15) is 58.8 Å². The summed E-state index contributed by atoms with van der Waals surface area (Å²) in [5.74, 6) is 0.883. The number of ether oxygens (including phenoxy) is 1. The van der Waals surface area contributed by atoms with Gasteiger partial charge in [0.05, 0.1) is 6.61 Å². The van der Waals surface area contributed by atoms with E-state index in [-0.39, 0.29) is 0 Å². The first-order valence-electron chi connectivity index (χ1n) is 7.03. The molecule has 0 aromatic heterocycles. The van der Waals surface area contributed by atoms with Gasteiger partial charge in [-0.15, -0.1) is 0 Å². The summed E-state index contributed by atoms with van der Waals surface area (Å²) in [6.07, 6.45) is 9.73. The van der Waals surface area contributed by atoms with E-state index in [0.717, 1.165) is 18.9 Å². The molecule has 2 atom stereocenters. The number of rotatable bonds is 6. The second kappa shape index (κ2) is 8.08. The molecule has 1 aliphatic carbocycles. The third-order valence-corrected chi connectivity index (χ3v) is 3.97. The van der Waals surface area contributed by atoms with Crippen molar-refractivity contribution < 1.29 is 4.74 Å². The molecule has 1 rings (SSSR count). The normalized spacial score (nSPS) is 22.7. The van der Waals surface area contributed by atoms with Gasteiger partial charge in [-0.3, -0.25) is 0 Å². The minimum Gasteiger partial charge on any atom is -0.383 e. The van der Waals surface area contributed by atoms with Crippen LogP contribution in [0, 0.1) is 5.92 Å². The largest absolute Gasteiger partial charge is 0.383 e. The fourth-order valence-corrected chi connectivity index (χ4v) is 2.80. The van der Waals surface area contributed by atoms with Crippen LogP contribution in [0.4, 0.5) is 0 Å². The summed E-state index contributed by atoms with van der Waals surface area (Å²) in [6, 6.07) is 1.18. The topological polar surface area (TPSA) is 21.3 Å². The SMILES string of the molecule is CCC(COC)N[C@H](C)C1CCCCCC1. The van der Waals surface area contributed by atoms with Gasteiger partial charge < -0.3 is 10.1 Å². The van der Waals surface area contributed by atoms with E-state index in [2.05, 4.69) is 19.2 Å². The molecule has 0 bridgehead atoms. The lowest BCUT2D eigenvalue weighted by molar-refractivity contribution is 0.151. The standard InChI is InChI=1S/C14H29NO/c1-4-14(11-16-3)15-12(2)13-9-7-5-6-8-10-13/h12-15H,4-11H2,1-3H3/t12-,14?/m1/s1. The molecule has 0 aromatic carbocycles. The van der Waals surface area contributed by atoms with Crippen LogP contribution in [-0.2, 0) is 4.74 Å². The Kier molecular flexibility index (Phi) is 7.06. The minimum atomic E-state index is 0.531.